The number of aliphatic hydroxyl groups is 1. The minimum Gasteiger partial charge on any atom is -0.444 e. The topological polar surface area (TPSA) is 67.8 Å². The summed E-state index contributed by atoms with van der Waals surface area (Å²) in [6.07, 6.45) is 2.03. The standard InChI is InChI=1S/C13H27NO4/c1-6-7-11(17-5)8-10(9-15)14-12(16)18-13(2,3)4/h10-11,15H,6-9H2,1-5H3,(H,14,16). The molecule has 2 N–H and O–H groups in total. The predicted molar refractivity (Wildman–Crippen MR) is 70.6 cm³/mol. The fraction of sp³-hybridized carbons (Fsp3) is 0.923. The van der Waals surface area contributed by atoms with Crippen LogP contribution in [0, 0.1) is 0 Å². The molecule has 2 atom stereocenters. The van der Waals surface area contributed by atoms with Crippen molar-refractivity contribution < 1.29 is 19.4 Å². The van der Waals surface area contributed by atoms with E-state index in [1.54, 1.807) is 27.9 Å². The Morgan fingerprint density at radius 2 is 2.00 bits per heavy atom. The molecule has 0 heterocycles. The predicted octanol–water partition coefficient (Wildman–Crippen LogP) is 2.08. The highest BCUT2D eigenvalue weighted by Crippen LogP contribution is 2.10. The van der Waals surface area contributed by atoms with Gasteiger partial charge in [0, 0.05) is 7.11 Å². The minimum absolute atomic E-state index is 0.0436. The van der Waals surface area contributed by atoms with Gasteiger partial charge in [-0.15, -0.1) is 0 Å². The Labute approximate surface area is 110 Å². The van der Waals surface area contributed by atoms with Crippen molar-refractivity contribution in [2.45, 2.75) is 64.7 Å². The number of methoxy groups -OCH3 is 1. The van der Waals surface area contributed by atoms with E-state index in [4.69, 9.17) is 9.47 Å². The molecule has 0 aliphatic heterocycles. The minimum atomic E-state index is -0.534. The molecule has 0 rings (SSSR count). The van der Waals surface area contributed by atoms with Gasteiger partial charge in [0.05, 0.1) is 18.8 Å². The molecule has 0 saturated heterocycles. The zero-order valence-electron chi connectivity index (χ0n) is 12.2. The molecule has 0 radical (unpaired) electrons. The summed E-state index contributed by atoms with van der Waals surface area (Å²) in [5, 5.41) is 11.9. The van der Waals surface area contributed by atoms with E-state index in [2.05, 4.69) is 12.2 Å². The number of hydrogen-bond donors (Lipinski definition) is 2. The van der Waals surface area contributed by atoms with Crippen LogP contribution in [0.2, 0.25) is 0 Å². The lowest BCUT2D eigenvalue weighted by Crippen LogP contribution is -2.42. The molecule has 0 saturated carbocycles. The van der Waals surface area contributed by atoms with Gasteiger partial charge in [0.25, 0.3) is 0 Å². The van der Waals surface area contributed by atoms with E-state index < -0.39 is 11.7 Å². The third-order valence-electron chi connectivity index (χ3n) is 2.43. The second-order valence-corrected chi connectivity index (χ2v) is 5.41. The number of nitrogens with one attached hydrogen (secondary N) is 1. The highest BCUT2D eigenvalue weighted by atomic mass is 16.6. The van der Waals surface area contributed by atoms with Gasteiger partial charge in [-0.2, -0.15) is 0 Å². The van der Waals surface area contributed by atoms with E-state index in [1.807, 2.05) is 0 Å². The number of alkyl carbamates (subject to hydrolysis) is 1. The molecule has 0 spiro atoms. The number of ether oxygens (including phenoxy) is 2. The molecule has 5 heteroatoms. The number of amides is 1. The van der Waals surface area contributed by atoms with Crippen molar-refractivity contribution in [3.05, 3.63) is 0 Å². The van der Waals surface area contributed by atoms with Crippen molar-refractivity contribution in [3.63, 3.8) is 0 Å². The second-order valence-electron chi connectivity index (χ2n) is 5.41. The summed E-state index contributed by atoms with van der Waals surface area (Å²) < 4.78 is 10.4. The summed E-state index contributed by atoms with van der Waals surface area (Å²) in [4.78, 5) is 11.6. The Hall–Kier alpha value is -0.810. The van der Waals surface area contributed by atoms with Crippen LogP contribution < -0.4 is 5.32 Å². The van der Waals surface area contributed by atoms with Crippen molar-refractivity contribution in [2.75, 3.05) is 13.7 Å². The Balaban J connectivity index is 4.21. The van der Waals surface area contributed by atoms with E-state index in [1.165, 1.54) is 0 Å². The van der Waals surface area contributed by atoms with E-state index in [-0.39, 0.29) is 18.8 Å². The molecule has 2 unspecified atom stereocenters. The van der Waals surface area contributed by atoms with E-state index in [9.17, 15) is 9.90 Å². The number of aliphatic hydroxyl groups excluding tert-OH is 1. The summed E-state index contributed by atoms with van der Waals surface area (Å²) in [5.41, 5.74) is -0.534. The highest BCUT2D eigenvalue weighted by Gasteiger charge is 2.21. The molecule has 0 aliphatic carbocycles. The maximum absolute atomic E-state index is 11.6. The first kappa shape index (κ1) is 17.2. The molecule has 0 bridgehead atoms. The van der Waals surface area contributed by atoms with Crippen LogP contribution in [0.15, 0.2) is 0 Å². The molecule has 5 nitrogen and oxygen atoms in total. The van der Waals surface area contributed by atoms with Crippen molar-refractivity contribution >= 4 is 6.09 Å². The summed E-state index contributed by atoms with van der Waals surface area (Å²) in [6.45, 7) is 7.35. The van der Waals surface area contributed by atoms with Crippen LogP contribution in [-0.4, -0.2) is 42.7 Å². The average molecular weight is 261 g/mol. The van der Waals surface area contributed by atoms with Gasteiger partial charge in [0.15, 0.2) is 0 Å². The van der Waals surface area contributed by atoms with Crippen LogP contribution in [-0.2, 0) is 9.47 Å². The Kier molecular flexibility index (Phi) is 7.95. The lowest BCUT2D eigenvalue weighted by atomic mass is 10.1. The van der Waals surface area contributed by atoms with E-state index in [0.717, 1.165) is 12.8 Å². The van der Waals surface area contributed by atoms with Crippen LogP contribution in [0.5, 0.6) is 0 Å². The lowest BCUT2D eigenvalue weighted by molar-refractivity contribution is 0.0397. The number of carbonyl (C=O) groups is 1. The van der Waals surface area contributed by atoms with Gasteiger partial charge in [-0.05, 0) is 33.6 Å². The average Bonchev–Trinajstić information content (AvgIpc) is 2.24. The Morgan fingerprint density at radius 3 is 2.39 bits per heavy atom. The molecule has 0 fully saturated rings. The summed E-state index contributed by atoms with van der Waals surface area (Å²) >= 11 is 0. The molecule has 0 aliphatic rings. The van der Waals surface area contributed by atoms with Gasteiger partial charge in [-0.1, -0.05) is 13.3 Å². The van der Waals surface area contributed by atoms with Gasteiger partial charge in [0.1, 0.15) is 5.60 Å². The molecule has 1 amide bonds. The Bertz CT molecular complexity index is 238. The van der Waals surface area contributed by atoms with Crippen molar-refractivity contribution in [2.24, 2.45) is 0 Å². The van der Waals surface area contributed by atoms with Crippen molar-refractivity contribution in [1.29, 1.82) is 0 Å². The summed E-state index contributed by atoms with van der Waals surface area (Å²) in [7, 11) is 1.64. The van der Waals surface area contributed by atoms with Gasteiger partial charge >= 0.3 is 6.09 Å². The smallest absolute Gasteiger partial charge is 0.407 e. The first-order valence-corrected chi connectivity index (χ1v) is 6.45. The van der Waals surface area contributed by atoms with Gasteiger partial charge in [0.2, 0.25) is 0 Å². The third-order valence-corrected chi connectivity index (χ3v) is 2.43. The van der Waals surface area contributed by atoms with E-state index >= 15 is 0 Å². The van der Waals surface area contributed by atoms with Gasteiger partial charge in [-0.3, -0.25) is 0 Å². The molecule has 0 aromatic carbocycles. The first-order chi connectivity index (χ1) is 8.32. The van der Waals surface area contributed by atoms with Crippen LogP contribution in [0.25, 0.3) is 0 Å². The maximum atomic E-state index is 11.6. The SMILES string of the molecule is CCCC(CC(CO)NC(=O)OC(C)(C)C)OC. The molecule has 108 valence electrons. The quantitative estimate of drug-likeness (QED) is 0.736. The monoisotopic (exact) mass is 261 g/mol. The van der Waals surface area contributed by atoms with Crippen molar-refractivity contribution in [3.8, 4) is 0 Å². The molecular weight excluding hydrogens is 234 g/mol. The highest BCUT2D eigenvalue weighted by molar-refractivity contribution is 5.68. The van der Waals surface area contributed by atoms with Crippen molar-refractivity contribution in [1.82, 2.24) is 5.32 Å². The number of rotatable bonds is 7. The first-order valence-electron chi connectivity index (χ1n) is 6.45. The van der Waals surface area contributed by atoms with Gasteiger partial charge < -0.3 is 19.9 Å². The lowest BCUT2D eigenvalue weighted by Gasteiger charge is -2.25. The van der Waals surface area contributed by atoms with Crippen LogP contribution in [0.4, 0.5) is 4.79 Å². The van der Waals surface area contributed by atoms with Gasteiger partial charge in [-0.25, -0.2) is 4.79 Å². The zero-order chi connectivity index (χ0) is 14.2. The number of carbonyl (C=O) groups excluding carboxylic acids is 1. The molecular formula is C13H27NO4. The van der Waals surface area contributed by atoms with Crippen LogP contribution in [0.3, 0.4) is 0 Å². The number of hydrogen-bond acceptors (Lipinski definition) is 4. The molecule has 0 aromatic heterocycles. The summed E-state index contributed by atoms with van der Waals surface area (Å²) in [5.74, 6) is 0. The Morgan fingerprint density at radius 1 is 1.39 bits per heavy atom. The van der Waals surface area contributed by atoms with E-state index in [0.29, 0.717) is 6.42 Å². The largest absolute Gasteiger partial charge is 0.444 e. The third kappa shape index (κ3) is 8.31. The summed E-state index contributed by atoms with van der Waals surface area (Å²) in [6, 6.07) is -0.337. The molecule has 0 aromatic rings. The molecule has 18 heavy (non-hydrogen) atoms. The fourth-order valence-corrected chi connectivity index (χ4v) is 1.62. The van der Waals surface area contributed by atoms with Crippen LogP contribution >= 0.6 is 0 Å². The normalized spacial score (nSPS) is 15.0. The maximum Gasteiger partial charge on any atom is 0.407 e. The second kappa shape index (κ2) is 8.32. The zero-order valence-corrected chi connectivity index (χ0v) is 12.2. The fourth-order valence-electron chi connectivity index (χ4n) is 1.62. The van der Waals surface area contributed by atoms with Crippen LogP contribution in [0.1, 0.15) is 47.0 Å².